The van der Waals surface area contributed by atoms with E-state index in [4.69, 9.17) is 4.84 Å². The maximum atomic E-state index is 13.1. The van der Waals surface area contributed by atoms with Crippen molar-refractivity contribution in [3.63, 3.8) is 0 Å². The summed E-state index contributed by atoms with van der Waals surface area (Å²) in [7, 11) is 2.83. The Bertz CT molecular complexity index is 1130. The summed E-state index contributed by atoms with van der Waals surface area (Å²) in [5, 5.41) is 7.70. The lowest BCUT2D eigenvalue weighted by molar-refractivity contribution is -0.143. The van der Waals surface area contributed by atoms with Gasteiger partial charge in [0.05, 0.1) is 24.3 Å². The van der Waals surface area contributed by atoms with Gasteiger partial charge >= 0.3 is 12.4 Å². The number of nitrogens with one attached hydrogen (secondary N) is 1. The molecule has 0 spiro atoms. The number of carbonyl (C=O) groups is 1. The molecule has 0 saturated carbocycles. The van der Waals surface area contributed by atoms with Crippen LogP contribution in [0, 0.1) is 0 Å². The summed E-state index contributed by atoms with van der Waals surface area (Å²) in [6, 6.07) is 1.13. The molecule has 1 amide bonds. The summed E-state index contributed by atoms with van der Waals surface area (Å²) < 4.78 is 79.9. The Morgan fingerprint density at radius 2 is 1.56 bits per heavy atom. The lowest BCUT2D eigenvalue weighted by Gasteiger charge is -2.16. The molecule has 0 radical (unpaired) electrons. The number of alkyl halides is 6. The van der Waals surface area contributed by atoms with E-state index in [-0.39, 0.29) is 23.8 Å². The molecular weight excluding hydrogens is 496 g/mol. The van der Waals surface area contributed by atoms with Gasteiger partial charge in [0, 0.05) is 25.0 Å². The van der Waals surface area contributed by atoms with Gasteiger partial charge in [0.25, 0.3) is 17.8 Å². The first kappa shape index (κ1) is 28.5. The first-order chi connectivity index (χ1) is 16.8. The number of carbonyl (C=O) groups excluding carboxylic acids is 1. The molecule has 0 fully saturated rings. The largest absolute Gasteiger partial charge is 0.416 e. The molecule has 0 aliphatic heterocycles. The van der Waals surface area contributed by atoms with Crippen molar-refractivity contribution in [2.75, 3.05) is 19.2 Å². The highest BCUT2D eigenvalue weighted by Crippen LogP contribution is 2.36. The van der Waals surface area contributed by atoms with Crippen LogP contribution in [0.3, 0.4) is 0 Å². The fourth-order valence-corrected chi connectivity index (χ4v) is 2.79. The van der Waals surface area contributed by atoms with Gasteiger partial charge in [0.15, 0.2) is 5.82 Å². The monoisotopic (exact) mass is 519 g/mol. The quantitative estimate of drug-likeness (QED) is 0.375. The van der Waals surface area contributed by atoms with Crippen LogP contribution < -0.4 is 10.4 Å². The fraction of sp³-hybridized carbons (Fsp3) is 0.381. The van der Waals surface area contributed by atoms with Gasteiger partial charge in [0.2, 0.25) is 0 Å². The van der Waals surface area contributed by atoms with Crippen LogP contribution in [-0.2, 0) is 17.2 Å². The number of hydrogen-bond acceptors (Lipinski definition) is 7. The molecule has 15 heteroatoms. The summed E-state index contributed by atoms with van der Waals surface area (Å²) >= 11 is 0. The SMILES string of the molecule is CC.CON(C)c1nc([C@H](C)NC(=O)c2cc(C(F)(F)F)cc(C(F)(F)F)c2)n(-c2ncccn2)n1. The van der Waals surface area contributed by atoms with Crippen molar-refractivity contribution in [2.45, 2.75) is 39.2 Å². The smallest absolute Gasteiger partial charge is 0.342 e. The van der Waals surface area contributed by atoms with Crippen molar-refractivity contribution >= 4 is 11.9 Å². The number of hydroxylamine groups is 1. The Morgan fingerprint density at radius 3 is 2.03 bits per heavy atom. The minimum Gasteiger partial charge on any atom is -0.342 e. The molecule has 0 saturated heterocycles. The average molecular weight is 519 g/mol. The van der Waals surface area contributed by atoms with Crippen molar-refractivity contribution in [1.29, 1.82) is 0 Å². The number of rotatable bonds is 6. The van der Waals surface area contributed by atoms with Crippen LogP contribution in [0.2, 0.25) is 0 Å². The minimum atomic E-state index is -5.09. The lowest BCUT2D eigenvalue weighted by atomic mass is 10.0. The number of anilines is 1. The standard InChI is InChI=1S/C19H17F6N7O2.C2H6/c1-10(14-29-17(31(2)34-3)30-32(14)16-26-5-4-6-27-16)28-15(33)11-7-12(18(20,21)22)9-13(8-11)19(23,24)25;1-2/h4-10H,1-3H3,(H,28,33);1-2H3/t10-;/m0./s1. The zero-order valence-electron chi connectivity index (χ0n) is 19.8. The summed E-state index contributed by atoms with van der Waals surface area (Å²) in [6.45, 7) is 5.41. The molecule has 1 aromatic carbocycles. The van der Waals surface area contributed by atoms with Gasteiger partial charge in [-0.15, -0.1) is 5.10 Å². The third-order valence-electron chi connectivity index (χ3n) is 4.50. The van der Waals surface area contributed by atoms with E-state index >= 15 is 0 Å². The van der Waals surface area contributed by atoms with Crippen LogP contribution in [0.25, 0.3) is 5.95 Å². The third-order valence-corrected chi connectivity index (χ3v) is 4.50. The van der Waals surface area contributed by atoms with E-state index in [1.165, 1.54) is 38.5 Å². The molecule has 0 bridgehead atoms. The maximum Gasteiger partial charge on any atom is 0.416 e. The van der Waals surface area contributed by atoms with Crippen molar-refractivity contribution in [3.8, 4) is 5.95 Å². The van der Waals surface area contributed by atoms with Gasteiger partial charge in [-0.1, -0.05) is 13.8 Å². The number of halogens is 6. The summed E-state index contributed by atoms with van der Waals surface area (Å²) in [4.78, 5) is 30.0. The van der Waals surface area contributed by atoms with Crippen LogP contribution in [-0.4, -0.2) is 44.8 Å². The third kappa shape index (κ3) is 6.68. The van der Waals surface area contributed by atoms with Crippen molar-refractivity contribution in [3.05, 3.63) is 59.2 Å². The number of hydrogen-bond donors (Lipinski definition) is 1. The predicted molar refractivity (Wildman–Crippen MR) is 116 cm³/mol. The van der Waals surface area contributed by atoms with E-state index in [2.05, 4.69) is 25.4 Å². The van der Waals surface area contributed by atoms with Crippen LogP contribution in [0.15, 0.2) is 36.7 Å². The lowest BCUT2D eigenvalue weighted by Crippen LogP contribution is -2.29. The molecule has 3 aromatic rings. The highest BCUT2D eigenvalue weighted by molar-refractivity contribution is 5.94. The summed E-state index contributed by atoms with van der Waals surface area (Å²) in [5.41, 5.74) is -4.04. The molecule has 9 nitrogen and oxygen atoms in total. The molecule has 2 aromatic heterocycles. The Labute approximate surface area is 202 Å². The van der Waals surface area contributed by atoms with E-state index in [1.54, 1.807) is 6.07 Å². The van der Waals surface area contributed by atoms with Gasteiger partial charge in [-0.05, 0) is 31.2 Å². The van der Waals surface area contributed by atoms with Crippen molar-refractivity contribution in [1.82, 2.24) is 30.0 Å². The Morgan fingerprint density at radius 1 is 1.03 bits per heavy atom. The van der Waals surface area contributed by atoms with Crippen LogP contribution >= 0.6 is 0 Å². The first-order valence-electron chi connectivity index (χ1n) is 10.4. The van der Waals surface area contributed by atoms with Crippen LogP contribution in [0.1, 0.15) is 54.1 Å². The molecule has 0 aliphatic rings. The van der Waals surface area contributed by atoms with Crippen molar-refractivity contribution in [2.24, 2.45) is 0 Å². The molecule has 36 heavy (non-hydrogen) atoms. The molecule has 0 aliphatic carbocycles. The number of nitrogens with zero attached hydrogens (tertiary/aromatic N) is 6. The normalized spacial score (nSPS) is 12.4. The van der Waals surface area contributed by atoms with Gasteiger partial charge in [0.1, 0.15) is 0 Å². The second kappa shape index (κ2) is 11.3. The molecule has 1 atom stereocenters. The molecule has 2 heterocycles. The van der Waals surface area contributed by atoms with Crippen molar-refractivity contribution < 1.29 is 36.0 Å². The molecule has 3 rings (SSSR count). The Hall–Kier alpha value is -3.75. The van der Waals surface area contributed by atoms with E-state index < -0.39 is 41.0 Å². The van der Waals surface area contributed by atoms with Crippen LogP contribution in [0.4, 0.5) is 32.3 Å². The van der Waals surface area contributed by atoms with Gasteiger partial charge in [-0.2, -0.15) is 36.0 Å². The zero-order valence-corrected chi connectivity index (χ0v) is 19.8. The average Bonchev–Trinajstić information content (AvgIpc) is 3.30. The first-order valence-corrected chi connectivity index (χ1v) is 10.4. The molecule has 0 unspecified atom stereocenters. The second-order valence-electron chi connectivity index (χ2n) is 6.90. The summed E-state index contributed by atoms with van der Waals surface area (Å²) in [6.07, 6.45) is -7.35. The number of amides is 1. The van der Waals surface area contributed by atoms with Gasteiger partial charge in [-0.3, -0.25) is 9.63 Å². The zero-order chi connectivity index (χ0) is 27.3. The highest BCUT2D eigenvalue weighted by Gasteiger charge is 2.37. The van der Waals surface area contributed by atoms with E-state index in [9.17, 15) is 31.1 Å². The number of benzene rings is 1. The maximum absolute atomic E-state index is 13.1. The highest BCUT2D eigenvalue weighted by atomic mass is 19.4. The molecule has 1 N–H and O–H groups in total. The predicted octanol–water partition coefficient (Wildman–Crippen LogP) is 4.61. The van der Waals surface area contributed by atoms with Gasteiger partial charge < -0.3 is 5.32 Å². The molecule has 196 valence electrons. The number of aromatic nitrogens is 5. The van der Waals surface area contributed by atoms with E-state index in [1.807, 2.05) is 13.8 Å². The topological polar surface area (TPSA) is 98.1 Å². The van der Waals surface area contributed by atoms with E-state index in [0.29, 0.717) is 12.1 Å². The Balaban J connectivity index is 0.00000222. The van der Waals surface area contributed by atoms with Gasteiger partial charge in [-0.25, -0.2) is 15.0 Å². The van der Waals surface area contributed by atoms with E-state index in [0.717, 1.165) is 4.68 Å². The molecular formula is C21H23F6N7O2. The second-order valence-corrected chi connectivity index (χ2v) is 6.90. The minimum absolute atomic E-state index is 0.0319. The van der Waals surface area contributed by atoms with Crippen LogP contribution in [0.5, 0.6) is 0 Å². The summed E-state index contributed by atoms with van der Waals surface area (Å²) in [5.74, 6) is -1.06. The fourth-order valence-electron chi connectivity index (χ4n) is 2.79. The Kier molecular flexibility index (Phi) is 8.96.